The first-order valence-electron chi connectivity index (χ1n) is 5.75. The fourth-order valence-electron chi connectivity index (χ4n) is 1.92. The topological polar surface area (TPSA) is 45.6 Å². The fourth-order valence-corrected chi connectivity index (χ4v) is 2.93. The maximum absolute atomic E-state index is 9.25. The quantitative estimate of drug-likeness (QED) is 0.819. The largest absolute Gasteiger partial charge is 0.395 e. The number of aliphatic hydroxyl groups excluding tert-OH is 1. The summed E-state index contributed by atoms with van der Waals surface area (Å²) in [6.07, 6.45) is 0.915. The average molecular weight is 277 g/mol. The predicted molar refractivity (Wildman–Crippen MR) is 68.6 cm³/mol. The molecular formula is C11H17ClN2O2S. The van der Waals surface area contributed by atoms with Gasteiger partial charge in [-0.3, -0.25) is 4.90 Å². The Morgan fingerprint density at radius 2 is 2.53 bits per heavy atom. The first-order valence-corrected chi connectivity index (χ1v) is 7.16. The minimum absolute atomic E-state index is 0.135. The van der Waals surface area contributed by atoms with E-state index >= 15 is 0 Å². The molecule has 1 N–H and O–H groups in total. The molecule has 0 aromatic carbocycles. The zero-order chi connectivity index (χ0) is 12.1. The number of aliphatic hydroxyl groups is 1. The summed E-state index contributed by atoms with van der Waals surface area (Å²) in [6.45, 7) is 3.34. The van der Waals surface area contributed by atoms with Gasteiger partial charge in [0.05, 0.1) is 42.4 Å². The predicted octanol–water partition coefficient (Wildman–Crippen LogP) is 1.12. The van der Waals surface area contributed by atoms with Gasteiger partial charge in [-0.2, -0.15) is 0 Å². The highest BCUT2D eigenvalue weighted by Crippen LogP contribution is 2.14. The molecule has 1 aromatic rings. The van der Waals surface area contributed by atoms with Crippen LogP contribution < -0.4 is 0 Å². The first kappa shape index (κ1) is 13.2. The molecule has 0 amide bonds. The Labute approximate surface area is 110 Å². The molecule has 6 heteroatoms. The van der Waals surface area contributed by atoms with Gasteiger partial charge in [-0.15, -0.1) is 22.9 Å². The van der Waals surface area contributed by atoms with Gasteiger partial charge in [-0.05, 0) is 0 Å². The van der Waals surface area contributed by atoms with Gasteiger partial charge in [-0.1, -0.05) is 0 Å². The van der Waals surface area contributed by atoms with Crippen molar-refractivity contribution in [2.75, 3.05) is 32.9 Å². The minimum Gasteiger partial charge on any atom is -0.395 e. The van der Waals surface area contributed by atoms with Crippen molar-refractivity contribution in [1.29, 1.82) is 0 Å². The lowest BCUT2D eigenvalue weighted by Crippen LogP contribution is -2.48. The van der Waals surface area contributed by atoms with Crippen molar-refractivity contribution in [2.24, 2.45) is 0 Å². The Hall–Kier alpha value is -0.200. The van der Waals surface area contributed by atoms with E-state index < -0.39 is 0 Å². The van der Waals surface area contributed by atoms with Crippen molar-refractivity contribution < 1.29 is 9.84 Å². The lowest BCUT2D eigenvalue weighted by molar-refractivity contribution is -0.0267. The summed E-state index contributed by atoms with van der Waals surface area (Å²) in [5.74, 6) is 0.479. The third-order valence-corrected chi connectivity index (χ3v) is 4.14. The van der Waals surface area contributed by atoms with Gasteiger partial charge in [0.1, 0.15) is 0 Å². The molecular weight excluding hydrogens is 260 g/mol. The Balaban J connectivity index is 1.83. The molecule has 1 unspecified atom stereocenters. The maximum atomic E-state index is 9.25. The summed E-state index contributed by atoms with van der Waals surface area (Å²) < 4.78 is 5.34. The molecule has 0 spiro atoms. The monoisotopic (exact) mass is 276 g/mol. The number of hydrogen-bond acceptors (Lipinski definition) is 5. The standard InChI is InChI=1S/C11H17ClN2O2S/c12-5-9-8-17-11(13-9)1-2-14-3-4-16-7-10(14)6-15/h8,10,15H,1-7H2. The van der Waals surface area contributed by atoms with Crippen molar-refractivity contribution in [2.45, 2.75) is 18.3 Å². The van der Waals surface area contributed by atoms with Crippen LogP contribution in [0, 0.1) is 0 Å². The number of nitrogens with zero attached hydrogens (tertiary/aromatic N) is 2. The number of rotatable bonds is 5. The van der Waals surface area contributed by atoms with Crippen LogP contribution in [0.4, 0.5) is 0 Å². The number of hydrogen-bond donors (Lipinski definition) is 1. The van der Waals surface area contributed by atoms with E-state index in [4.69, 9.17) is 16.3 Å². The Kier molecular flexibility index (Phi) is 5.18. The zero-order valence-corrected chi connectivity index (χ0v) is 11.2. The summed E-state index contributed by atoms with van der Waals surface area (Å²) in [6, 6.07) is 0.135. The summed E-state index contributed by atoms with van der Waals surface area (Å²) >= 11 is 7.37. The minimum atomic E-state index is 0.135. The molecule has 1 aliphatic rings. The first-order chi connectivity index (χ1) is 8.33. The molecule has 4 nitrogen and oxygen atoms in total. The number of halogens is 1. The molecule has 0 saturated carbocycles. The van der Waals surface area contributed by atoms with Gasteiger partial charge in [0.15, 0.2) is 0 Å². The van der Waals surface area contributed by atoms with Gasteiger partial charge in [0.2, 0.25) is 0 Å². The molecule has 0 radical (unpaired) electrons. The molecule has 2 heterocycles. The summed E-state index contributed by atoms with van der Waals surface area (Å²) in [4.78, 5) is 6.70. The molecule has 17 heavy (non-hydrogen) atoms. The van der Waals surface area contributed by atoms with Crippen LogP contribution in [-0.2, 0) is 17.0 Å². The molecule has 1 saturated heterocycles. The molecule has 96 valence electrons. The highest BCUT2D eigenvalue weighted by Gasteiger charge is 2.21. The summed E-state index contributed by atoms with van der Waals surface area (Å²) in [5.41, 5.74) is 0.951. The van der Waals surface area contributed by atoms with E-state index in [0.717, 1.165) is 36.8 Å². The van der Waals surface area contributed by atoms with Crippen LogP contribution in [0.25, 0.3) is 0 Å². The fraction of sp³-hybridized carbons (Fsp3) is 0.727. The third kappa shape index (κ3) is 3.63. The van der Waals surface area contributed by atoms with Gasteiger partial charge < -0.3 is 9.84 Å². The molecule has 0 aliphatic carbocycles. The average Bonchev–Trinajstić information content (AvgIpc) is 2.84. The SMILES string of the molecule is OCC1COCCN1CCc1nc(CCl)cs1. The van der Waals surface area contributed by atoms with Crippen molar-refractivity contribution in [3.05, 3.63) is 16.1 Å². The van der Waals surface area contributed by atoms with Crippen LogP contribution in [0.15, 0.2) is 5.38 Å². The summed E-state index contributed by atoms with van der Waals surface area (Å²) in [5, 5.41) is 12.4. The van der Waals surface area contributed by atoms with E-state index in [1.54, 1.807) is 11.3 Å². The molecule has 2 rings (SSSR count). The number of morpholine rings is 1. The van der Waals surface area contributed by atoms with E-state index in [9.17, 15) is 5.11 Å². The van der Waals surface area contributed by atoms with Gasteiger partial charge >= 0.3 is 0 Å². The highest BCUT2D eigenvalue weighted by molar-refractivity contribution is 7.09. The van der Waals surface area contributed by atoms with E-state index in [1.807, 2.05) is 5.38 Å². The second kappa shape index (κ2) is 6.66. The van der Waals surface area contributed by atoms with E-state index in [-0.39, 0.29) is 12.6 Å². The van der Waals surface area contributed by atoms with Gasteiger partial charge in [0.25, 0.3) is 0 Å². The van der Waals surface area contributed by atoms with E-state index in [2.05, 4.69) is 9.88 Å². The molecule has 1 atom stereocenters. The summed E-state index contributed by atoms with van der Waals surface area (Å²) in [7, 11) is 0. The lowest BCUT2D eigenvalue weighted by atomic mass is 10.2. The molecule has 1 aliphatic heterocycles. The smallest absolute Gasteiger partial charge is 0.0941 e. The van der Waals surface area contributed by atoms with E-state index in [0.29, 0.717) is 12.5 Å². The van der Waals surface area contributed by atoms with E-state index in [1.165, 1.54) is 0 Å². The van der Waals surface area contributed by atoms with Crippen LogP contribution in [0.2, 0.25) is 0 Å². The highest BCUT2D eigenvalue weighted by atomic mass is 35.5. The number of ether oxygens (including phenoxy) is 1. The normalized spacial score (nSPS) is 21.9. The molecule has 0 bridgehead atoms. The molecule has 1 fully saturated rings. The number of thiazole rings is 1. The van der Waals surface area contributed by atoms with Crippen LogP contribution in [-0.4, -0.2) is 53.9 Å². The number of alkyl halides is 1. The van der Waals surface area contributed by atoms with Crippen molar-refractivity contribution >= 4 is 22.9 Å². The van der Waals surface area contributed by atoms with Crippen LogP contribution >= 0.6 is 22.9 Å². The Morgan fingerprint density at radius 1 is 1.65 bits per heavy atom. The lowest BCUT2D eigenvalue weighted by Gasteiger charge is -2.34. The second-order valence-electron chi connectivity index (χ2n) is 4.06. The Bertz CT molecular complexity index is 348. The zero-order valence-electron chi connectivity index (χ0n) is 9.64. The van der Waals surface area contributed by atoms with Crippen LogP contribution in [0.5, 0.6) is 0 Å². The maximum Gasteiger partial charge on any atom is 0.0941 e. The second-order valence-corrected chi connectivity index (χ2v) is 5.27. The van der Waals surface area contributed by atoms with Gasteiger partial charge in [-0.25, -0.2) is 4.98 Å². The van der Waals surface area contributed by atoms with Gasteiger partial charge in [0, 0.05) is 24.9 Å². The van der Waals surface area contributed by atoms with Crippen LogP contribution in [0.3, 0.4) is 0 Å². The molecule has 1 aromatic heterocycles. The number of aromatic nitrogens is 1. The van der Waals surface area contributed by atoms with Crippen molar-refractivity contribution in [1.82, 2.24) is 9.88 Å². The van der Waals surface area contributed by atoms with Crippen molar-refractivity contribution in [3.8, 4) is 0 Å². The van der Waals surface area contributed by atoms with Crippen molar-refractivity contribution in [3.63, 3.8) is 0 Å². The Morgan fingerprint density at radius 3 is 3.24 bits per heavy atom. The van der Waals surface area contributed by atoms with Crippen LogP contribution in [0.1, 0.15) is 10.7 Å². The third-order valence-electron chi connectivity index (χ3n) is 2.91.